The zero-order valence-corrected chi connectivity index (χ0v) is 13.6. The van der Waals surface area contributed by atoms with Crippen molar-refractivity contribution in [1.82, 2.24) is 14.9 Å². The van der Waals surface area contributed by atoms with Crippen molar-refractivity contribution in [3.63, 3.8) is 0 Å². The molecule has 3 aromatic rings. The van der Waals surface area contributed by atoms with E-state index in [-0.39, 0.29) is 12.1 Å². The lowest BCUT2D eigenvalue weighted by atomic mass is 10.0. The molecule has 1 aromatic heterocycles. The Balaban J connectivity index is 2.04. The second kappa shape index (κ2) is 6.91. The molecule has 0 aliphatic carbocycles. The molecule has 1 heterocycles. The average molecular weight is 345 g/mol. The number of methoxy groups -OCH3 is 1. The van der Waals surface area contributed by atoms with Gasteiger partial charge >= 0.3 is 0 Å². The Hall–Kier alpha value is -2.55. The summed E-state index contributed by atoms with van der Waals surface area (Å²) in [5.41, 5.74) is 2.04. The third-order valence-corrected chi connectivity index (χ3v) is 4.01. The van der Waals surface area contributed by atoms with Gasteiger partial charge in [-0.2, -0.15) is 5.10 Å². The molecule has 0 aliphatic rings. The number of aromatic nitrogens is 2. The molecule has 2 aromatic carbocycles. The van der Waals surface area contributed by atoms with Crippen molar-refractivity contribution in [3.05, 3.63) is 58.4 Å². The highest BCUT2D eigenvalue weighted by Crippen LogP contribution is 2.27. The molecule has 24 heavy (non-hydrogen) atoms. The fourth-order valence-electron chi connectivity index (χ4n) is 2.42. The maximum absolute atomic E-state index is 11.9. The van der Waals surface area contributed by atoms with E-state index in [9.17, 15) is 9.00 Å². The highest BCUT2D eigenvalue weighted by atomic mass is 32.2. The van der Waals surface area contributed by atoms with E-state index < -0.39 is 11.3 Å². The van der Waals surface area contributed by atoms with Crippen LogP contribution in [0, 0.1) is 0 Å². The molecule has 0 aliphatic heterocycles. The first-order valence-electron chi connectivity index (χ1n) is 7.08. The van der Waals surface area contributed by atoms with Gasteiger partial charge < -0.3 is 4.74 Å². The van der Waals surface area contributed by atoms with Crippen molar-refractivity contribution in [3.8, 4) is 17.0 Å². The number of ether oxygens (including phenoxy) is 1. The lowest BCUT2D eigenvalue weighted by molar-refractivity contribution is 0.415. The topological polar surface area (TPSA) is 104 Å². The Labute approximate surface area is 140 Å². The Morgan fingerprint density at radius 1 is 1.21 bits per heavy atom. The standard InChI is InChI=1S/C16H15N3O4S/c1-23-12-6-7-13-14(8-12)15(18-19-16(13)20)11-4-2-10(3-5-11)9-17-24(21)22/h2-8,17H,9H2,1H3,(H,19,20)(H,21,22). The fourth-order valence-corrected chi connectivity index (χ4v) is 2.71. The fraction of sp³-hybridized carbons (Fsp3) is 0.125. The molecule has 0 saturated heterocycles. The number of rotatable bonds is 5. The number of hydrogen-bond donors (Lipinski definition) is 3. The van der Waals surface area contributed by atoms with Crippen molar-refractivity contribution >= 4 is 22.0 Å². The third kappa shape index (κ3) is 3.35. The molecule has 124 valence electrons. The van der Waals surface area contributed by atoms with Crippen LogP contribution in [0.1, 0.15) is 5.56 Å². The predicted octanol–water partition coefficient (Wildman–Crippen LogP) is 1.82. The number of H-pyrrole nitrogens is 1. The van der Waals surface area contributed by atoms with Crippen LogP contribution in [0.15, 0.2) is 47.3 Å². The first kappa shape index (κ1) is 16.3. The normalized spacial score (nSPS) is 12.2. The van der Waals surface area contributed by atoms with Gasteiger partial charge in [0.2, 0.25) is 11.3 Å². The number of benzene rings is 2. The van der Waals surface area contributed by atoms with E-state index in [2.05, 4.69) is 14.9 Å². The van der Waals surface area contributed by atoms with Crippen molar-refractivity contribution in [2.24, 2.45) is 0 Å². The molecule has 3 rings (SSSR count). The summed E-state index contributed by atoms with van der Waals surface area (Å²) in [4.78, 5) is 11.9. The highest BCUT2D eigenvalue weighted by Gasteiger charge is 2.10. The lowest BCUT2D eigenvalue weighted by Gasteiger charge is -2.08. The molecular formula is C16H15N3O4S. The maximum atomic E-state index is 11.9. The Morgan fingerprint density at radius 2 is 1.96 bits per heavy atom. The Morgan fingerprint density at radius 3 is 2.62 bits per heavy atom. The monoisotopic (exact) mass is 345 g/mol. The Bertz CT molecular complexity index is 954. The van der Waals surface area contributed by atoms with Gasteiger partial charge in [-0.25, -0.2) is 14.0 Å². The number of nitrogens with one attached hydrogen (secondary N) is 2. The second-order valence-corrected chi connectivity index (χ2v) is 5.87. The van der Waals surface area contributed by atoms with Gasteiger partial charge in [-0.3, -0.25) is 9.35 Å². The van der Waals surface area contributed by atoms with Crippen LogP contribution in [0.3, 0.4) is 0 Å². The van der Waals surface area contributed by atoms with E-state index in [4.69, 9.17) is 9.29 Å². The maximum Gasteiger partial charge on any atom is 0.272 e. The second-order valence-electron chi connectivity index (χ2n) is 5.08. The summed E-state index contributed by atoms with van der Waals surface area (Å²) in [6.07, 6.45) is 0. The Kier molecular flexibility index (Phi) is 4.70. The van der Waals surface area contributed by atoms with Gasteiger partial charge in [0.25, 0.3) is 5.56 Å². The van der Waals surface area contributed by atoms with E-state index >= 15 is 0 Å². The van der Waals surface area contributed by atoms with Crippen LogP contribution in [0.2, 0.25) is 0 Å². The van der Waals surface area contributed by atoms with Gasteiger partial charge in [-0.1, -0.05) is 24.3 Å². The minimum Gasteiger partial charge on any atom is -0.497 e. The van der Waals surface area contributed by atoms with Gasteiger partial charge in [0.1, 0.15) is 5.75 Å². The first-order chi connectivity index (χ1) is 11.6. The van der Waals surface area contributed by atoms with Gasteiger partial charge in [0.05, 0.1) is 18.2 Å². The van der Waals surface area contributed by atoms with Crippen molar-refractivity contribution < 1.29 is 13.5 Å². The van der Waals surface area contributed by atoms with Crippen LogP contribution < -0.4 is 15.0 Å². The molecule has 0 saturated carbocycles. The molecule has 0 radical (unpaired) electrons. The smallest absolute Gasteiger partial charge is 0.272 e. The number of fused-ring (bicyclic) bond motifs is 1. The predicted molar refractivity (Wildman–Crippen MR) is 92.0 cm³/mol. The van der Waals surface area contributed by atoms with Gasteiger partial charge in [0, 0.05) is 17.5 Å². The molecule has 3 N–H and O–H groups in total. The summed E-state index contributed by atoms with van der Waals surface area (Å²) in [6.45, 7) is 0.275. The van der Waals surface area contributed by atoms with Crippen LogP contribution in [-0.2, 0) is 17.8 Å². The van der Waals surface area contributed by atoms with Crippen LogP contribution in [0.5, 0.6) is 5.75 Å². The van der Waals surface area contributed by atoms with Crippen LogP contribution in [-0.4, -0.2) is 26.1 Å². The zero-order valence-electron chi connectivity index (χ0n) is 12.8. The van der Waals surface area contributed by atoms with E-state index in [0.29, 0.717) is 22.2 Å². The van der Waals surface area contributed by atoms with E-state index in [1.807, 2.05) is 24.3 Å². The van der Waals surface area contributed by atoms with Crippen molar-refractivity contribution in [1.29, 1.82) is 0 Å². The highest BCUT2D eigenvalue weighted by molar-refractivity contribution is 7.77. The van der Waals surface area contributed by atoms with E-state index in [1.165, 1.54) is 0 Å². The lowest BCUT2D eigenvalue weighted by Crippen LogP contribution is -2.15. The quantitative estimate of drug-likeness (QED) is 0.612. The summed E-state index contributed by atoms with van der Waals surface area (Å²) in [7, 11) is 1.56. The molecule has 0 spiro atoms. The number of hydrogen-bond acceptors (Lipinski definition) is 4. The van der Waals surface area contributed by atoms with Crippen LogP contribution >= 0.6 is 0 Å². The molecule has 1 unspecified atom stereocenters. The minimum absolute atomic E-state index is 0.261. The first-order valence-corrected chi connectivity index (χ1v) is 8.19. The molecule has 8 heteroatoms. The van der Waals surface area contributed by atoms with E-state index in [1.54, 1.807) is 25.3 Å². The van der Waals surface area contributed by atoms with E-state index in [0.717, 1.165) is 11.1 Å². The molecule has 1 atom stereocenters. The zero-order chi connectivity index (χ0) is 17.1. The molecular weight excluding hydrogens is 330 g/mol. The minimum atomic E-state index is -2.05. The summed E-state index contributed by atoms with van der Waals surface area (Å²) in [5.74, 6) is 0.641. The van der Waals surface area contributed by atoms with Crippen molar-refractivity contribution in [2.75, 3.05) is 7.11 Å². The third-order valence-electron chi connectivity index (χ3n) is 3.62. The average Bonchev–Trinajstić information content (AvgIpc) is 2.60. The largest absolute Gasteiger partial charge is 0.497 e. The summed E-state index contributed by atoms with van der Waals surface area (Å²) >= 11 is -2.05. The van der Waals surface area contributed by atoms with Crippen molar-refractivity contribution in [2.45, 2.75) is 6.54 Å². The molecule has 7 nitrogen and oxygen atoms in total. The van der Waals surface area contributed by atoms with Gasteiger partial charge in [0.15, 0.2) is 0 Å². The number of aromatic amines is 1. The summed E-state index contributed by atoms with van der Waals surface area (Å²) in [5, 5.41) is 7.88. The SMILES string of the molecule is COc1ccc2c(=O)[nH]nc(-c3ccc(CNS(=O)O)cc3)c2c1. The van der Waals surface area contributed by atoms with Gasteiger partial charge in [-0.15, -0.1) is 0 Å². The van der Waals surface area contributed by atoms with Crippen LogP contribution in [0.4, 0.5) is 0 Å². The van der Waals surface area contributed by atoms with Gasteiger partial charge in [-0.05, 0) is 23.8 Å². The van der Waals surface area contributed by atoms with Crippen LogP contribution in [0.25, 0.3) is 22.0 Å². The molecule has 0 bridgehead atoms. The molecule has 0 fully saturated rings. The summed E-state index contributed by atoms with van der Waals surface area (Å²) in [6, 6.07) is 12.5. The number of nitrogens with zero attached hydrogens (tertiary/aromatic N) is 1. The summed E-state index contributed by atoms with van der Waals surface area (Å²) < 4.78 is 27.0. The molecule has 0 amide bonds.